The third-order valence-electron chi connectivity index (χ3n) is 2.41. The normalized spacial score (nSPS) is 13.4. The Kier molecular flexibility index (Phi) is 4.37. The van der Waals surface area contributed by atoms with Gasteiger partial charge in [0.15, 0.2) is 11.6 Å². The molecule has 0 saturated carbocycles. The van der Waals surface area contributed by atoms with Crippen LogP contribution in [0.2, 0.25) is 0 Å². The van der Waals surface area contributed by atoms with E-state index < -0.39 is 23.6 Å². The minimum Gasteiger partial charge on any atom is -0.460 e. The molecule has 0 amide bonds. The average Bonchev–Trinajstić information content (AvgIpc) is 2.72. The molecule has 0 N–H and O–H groups in total. The molecule has 0 bridgehead atoms. The van der Waals surface area contributed by atoms with Gasteiger partial charge in [0.25, 0.3) is 0 Å². The Balaban J connectivity index is 3.21. The van der Waals surface area contributed by atoms with E-state index in [1.807, 2.05) is 0 Å². The van der Waals surface area contributed by atoms with Crippen LogP contribution >= 0.6 is 0 Å². The average molecular weight is 265 g/mol. The molecule has 1 rings (SSSR count). The van der Waals surface area contributed by atoms with Crippen LogP contribution in [0.1, 0.15) is 55.2 Å². The lowest BCUT2D eigenvalue weighted by Crippen LogP contribution is -2.14. The highest BCUT2D eigenvalue weighted by molar-refractivity contribution is 5.87. The molecule has 1 aromatic heterocycles. The Morgan fingerprint density at radius 1 is 1.44 bits per heavy atom. The van der Waals surface area contributed by atoms with Crippen molar-refractivity contribution in [1.29, 1.82) is 0 Å². The molecule has 1 unspecified atom stereocenters. The topological polar surface area (TPSA) is 52.3 Å². The van der Waals surface area contributed by atoms with E-state index in [0.717, 1.165) is 0 Å². The second kappa shape index (κ2) is 5.41. The Morgan fingerprint density at radius 2 is 2.06 bits per heavy atom. The van der Waals surface area contributed by atoms with Crippen LogP contribution in [0.5, 0.6) is 0 Å². The first kappa shape index (κ1) is 14.5. The van der Waals surface area contributed by atoms with Crippen LogP contribution in [0, 0.1) is 0 Å². The Hall–Kier alpha value is -1.53. The lowest BCUT2D eigenvalue weighted by molar-refractivity contribution is -0.141. The molecule has 7 heteroatoms. The third kappa shape index (κ3) is 3.02. The van der Waals surface area contributed by atoms with Crippen LogP contribution in [0.15, 0.2) is 4.42 Å². The van der Waals surface area contributed by atoms with E-state index in [9.17, 15) is 18.0 Å². The van der Waals surface area contributed by atoms with Crippen LogP contribution in [0.3, 0.4) is 0 Å². The molecule has 0 radical (unpaired) electrons. The fraction of sp³-hybridized carbons (Fsp3) is 0.636. The molecule has 0 aliphatic carbocycles. The van der Waals surface area contributed by atoms with Gasteiger partial charge in [-0.15, -0.1) is 0 Å². The Bertz CT molecular complexity index is 426. The van der Waals surface area contributed by atoms with Crippen molar-refractivity contribution >= 4 is 5.97 Å². The zero-order chi connectivity index (χ0) is 13.9. The molecule has 0 saturated heterocycles. The molecule has 4 nitrogen and oxygen atoms in total. The predicted octanol–water partition coefficient (Wildman–Crippen LogP) is 3.38. The zero-order valence-electron chi connectivity index (χ0n) is 10.3. The van der Waals surface area contributed by atoms with Crippen molar-refractivity contribution < 1.29 is 27.1 Å². The number of alkyl halides is 3. The largest absolute Gasteiger partial charge is 0.460 e. The van der Waals surface area contributed by atoms with E-state index in [-0.39, 0.29) is 18.4 Å². The number of nitrogens with zero attached hydrogens (tertiary/aromatic N) is 1. The van der Waals surface area contributed by atoms with Gasteiger partial charge in [0.1, 0.15) is 0 Å². The number of hydrogen-bond acceptors (Lipinski definition) is 4. The summed E-state index contributed by atoms with van der Waals surface area (Å²) in [4.78, 5) is 14.7. The summed E-state index contributed by atoms with van der Waals surface area (Å²) in [6.45, 7) is 4.92. The fourth-order valence-electron chi connectivity index (χ4n) is 1.25. The van der Waals surface area contributed by atoms with Crippen LogP contribution in [-0.4, -0.2) is 17.6 Å². The number of esters is 1. The highest BCUT2D eigenvalue weighted by atomic mass is 19.4. The highest BCUT2D eigenvalue weighted by Gasteiger charge is 2.42. The summed E-state index contributed by atoms with van der Waals surface area (Å²) in [5.74, 6) is -2.42. The summed E-state index contributed by atoms with van der Waals surface area (Å²) in [5.41, 5.74) is -1.32. The van der Waals surface area contributed by atoms with Crippen molar-refractivity contribution in [1.82, 2.24) is 4.98 Å². The van der Waals surface area contributed by atoms with Gasteiger partial charge in [-0.05, 0) is 13.3 Å². The van der Waals surface area contributed by atoms with Crippen molar-refractivity contribution in [3.05, 3.63) is 17.3 Å². The van der Waals surface area contributed by atoms with Crippen LogP contribution in [-0.2, 0) is 10.9 Å². The predicted molar refractivity (Wildman–Crippen MR) is 56.2 cm³/mol. The lowest BCUT2D eigenvalue weighted by Gasteiger charge is -2.03. The standard InChI is InChI=1S/C11H14F3NO3/c1-4-6(3)9-15-8(11(12,13)14)7(18-9)10(16)17-5-2/h6H,4-5H2,1-3H3. The summed E-state index contributed by atoms with van der Waals surface area (Å²) < 4.78 is 47.5. The molecule has 0 aromatic carbocycles. The van der Waals surface area contributed by atoms with Gasteiger partial charge >= 0.3 is 12.1 Å². The number of carbonyl (C=O) groups excluding carboxylic acids is 1. The van der Waals surface area contributed by atoms with E-state index in [2.05, 4.69) is 9.72 Å². The van der Waals surface area contributed by atoms with Gasteiger partial charge in [-0.25, -0.2) is 9.78 Å². The molecule has 1 atom stereocenters. The monoisotopic (exact) mass is 265 g/mol. The van der Waals surface area contributed by atoms with Gasteiger partial charge in [0, 0.05) is 5.92 Å². The number of ether oxygens (including phenoxy) is 1. The second-order valence-electron chi connectivity index (χ2n) is 3.76. The summed E-state index contributed by atoms with van der Waals surface area (Å²) in [6.07, 6.45) is -4.18. The Labute approximate surface area is 102 Å². The van der Waals surface area contributed by atoms with E-state index >= 15 is 0 Å². The number of halogens is 3. The second-order valence-corrected chi connectivity index (χ2v) is 3.76. The van der Waals surface area contributed by atoms with Gasteiger partial charge < -0.3 is 9.15 Å². The summed E-state index contributed by atoms with van der Waals surface area (Å²) in [5, 5.41) is 0. The number of oxazole rings is 1. The molecule has 18 heavy (non-hydrogen) atoms. The summed E-state index contributed by atoms with van der Waals surface area (Å²) in [7, 11) is 0. The molecular formula is C11H14F3NO3. The molecule has 1 heterocycles. The van der Waals surface area contributed by atoms with Gasteiger partial charge in [-0.3, -0.25) is 0 Å². The SMILES string of the molecule is CCOC(=O)c1oc(C(C)CC)nc1C(F)(F)F. The van der Waals surface area contributed by atoms with Gasteiger partial charge in [-0.1, -0.05) is 13.8 Å². The molecule has 0 spiro atoms. The number of carbonyl (C=O) groups is 1. The van der Waals surface area contributed by atoms with Crippen LogP contribution in [0.4, 0.5) is 13.2 Å². The maximum Gasteiger partial charge on any atom is 0.437 e. The first-order valence-electron chi connectivity index (χ1n) is 5.56. The molecule has 0 aliphatic heterocycles. The maximum atomic E-state index is 12.7. The number of aromatic nitrogens is 1. The minimum atomic E-state index is -4.74. The van der Waals surface area contributed by atoms with E-state index in [1.165, 1.54) is 6.92 Å². The summed E-state index contributed by atoms with van der Waals surface area (Å²) in [6, 6.07) is 0. The molecular weight excluding hydrogens is 251 g/mol. The maximum absolute atomic E-state index is 12.7. The highest BCUT2D eigenvalue weighted by Crippen LogP contribution is 2.34. The van der Waals surface area contributed by atoms with Crippen molar-refractivity contribution in [2.75, 3.05) is 6.61 Å². The quantitative estimate of drug-likeness (QED) is 0.783. The van der Waals surface area contributed by atoms with Crippen molar-refractivity contribution in [2.24, 2.45) is 0 Å². The number of hydrogen-bond donors (Lipinski definition) is 0. The van der Waals surface area contributed by atoms with E-state index in [0.29, 0.717) is 6.42 Å². The number of rotatable bonds is 4. The van der Waals surface area contributed by atoms with Crippen LogP contribution < -0.4 is 0 Å². The first-order chi connectivity index (χ1) is 8.31. The summed E-state index contributed by atoms with van der Waals surface area (Å²) >= 11 is 0. The zero-order valence-corrected chi connectivity index (χ0v) is 10.3. The fourth-order valence-corrected chi connectivity index (χ4v) is 1.25. The van der Waals surface area contributed by atoms with Crippen LogP contribution in [0.25, 0.3) is 0 Å². The van der Waals surface area contributed by atoms with Crippen molar-refractivity contribution in [2.45, 2.75) is 39.3 Å². The van der Waals surface area contributed by atoms with Crippen molar-refractivity contribution in [3.8, 4) is 0 Å². The molecule has 102 valence electrons. The minimum absolute atomic E-state index is 0.0322. The smallest absolute Gasteiger partial charge is 0.437 e. The van der Waals surface area contributed by atoms with Gasteiger partial charge in [0.05, 0.1) is 6.61 Å². The van der Waals surface area contributed by atoms with Gasteiger partial charge in [0.2, 0.25) is 5.76 Å². The Morgan fingerprint density at radius 3 is 2.50 bits per heavy atom. The van der Waals surface area contributed by atoms with Gasteiger partial charge in [-0.2, -0.15) is 13.2 Å². The molecule has 0 fully saturated rings. The third-order valence-corrected chi connectivity index (χ3v) is 2.41. The van der Waals surface area contributed by atoms with E-state index in [1.54, 1.807) is 13.8 Å². The molecule has 1 aromatic rings. The van der Waals surface area contributed by atoms with Crippen molar-refractivity contribution in [3.63, 3.8) is 0 Å². The molecule has 0 aliphatic rings. The first-order valence-corrected chi connectivity index (χ1v) is 5.56. The van der Waals surface area contributed by atoms with E-state index in [4.69, 9.17) is 4.42 Å². The lowest BCUT2D eigenvalue weighted by atomic mass is 10.1.